The van der Waals surface area contributed by atoms with Crippen molar-refractivity contribution < 1.29 is 27.2 Å². The molecule has 0 unspecified atom stereocenters. The van der Waals surface area contributed by atoms with Crippen LogP contribution in [-0.2, 0) is 19.0 Å². The number of rotatable bonds is 3. The fraction of sp³-hybridized carbons (Fsp3) is 0.875. The van der Waals surface area contributed by atoms with E-state index in [1.165, 1.54) is 4.90 Å². The molecule has 0 saturated carbocycles. The van der Waals surface area contributed by atoms with Gasteiger partial charge in [-0.25, -0.2) is 4.79 Å². The number of carbonyl (C=O) groups is 1. The molecule has 2 aliphatic rings. The van der Waals surface area contributed by atoms with E-state index in [4.69, 9.17) is 9.84 Å². The Balaban J connectivity index is 2.03. The molecule has 1 amide bonds. The molecular formula is C8H13NO6S. The molecule has 8 heteroatoms. The summed E-state index contributed by atoms with van der Waals surface area (Å²) < 4.78 is 31.8. The maximum atomic E-state index is 10.9. The summed E-state index contributed by atoms with van der Waals surface area (Å²) in [6.07, 6.45) is 0.448. The van der Waals surface area contributed by atoms with Crippen LogP contribution < -0.4 is 0 Å². The first-order valence-electron chi connectivity index (χ1n) is 4.79. The Morgan fingerprint density at radius 3 is 2.88 bits per heavy atom. The number of likely N-dealkylation sites (tertiary alicyclic amines) is 1. The Morgan fingerprint density at radius 2 is 2.38 bits per heavy atom. The maximum Gasteiger partial charge on any atom is 0.407 e. The first-order valence-corrected chi connectivity index (χ1v) is 6.61. The SMILES string of the molecule is CS(=O)(=O)OC[C@@]12C[C@@H](CO1)N(C(=O)O)C2. The number of ether oxygens (including phenoxy) is 1. The third-order valence-electron chi connectivity index (χ3n) is 2.87. The molecule has 2 heterocycles. The highest BCUT2D eigenvalue weighted by Gasteiger charge is 2.53. The zero-order valence-corrected chi connectivity index (χ0v) is 9.57. The van der Waals surface area contributed by atoms with E-state index >= 15 is 0 Å². The average molecular weight is 251 g/mol. The monoisotopic (exact) mass is 251 g/mol. The van der Waals surface area contributed by atoms with Gasteiger partial charge in [-0.15, -0.1) is 0 Å². The normalized spacial score (nSPS) is 33.3. The van der Waals surface area contributed by atoms with Crippen molar-refractivity contribution in [3.8, 4) is 0 Å². The number of morpholine rings is 1. The molecule has 0 aromatic heterocycles. The fourth-order valence-corrected chi connectivity index (χ4v) is 2.58. The topological polar surface area (TPSA) is 93.1 Å². The quantitative estimate of drug-likeness (QED) is 0.679. The molecule has 1 N–H and O–H groups in total. The summed E-state index contributed by atoms with van der Waals surface area (Å²) in [5.74, 6) is 0. The third kappa shape index (κ3) is 2.13. The second-order valence-corrected chi connectivity index (χ2v) is 5.87. The van der Waals surface area contributed by atoms with Crippen LogP contribution in [0.15, 0.2) is 0 Å². The van der Waals surface area contributed by atoms with Gasteiger partial charge in [0.1, 0.15) is 5.60 Å². The van der Waals surface area contributed by atoms with Gasteiger partial charge in [-0.2, -0.15) is 8.42 Å². The summed E-state index contributed by atoms with van der Waals surface area (Å²) in [5, 5.41) is 8.89. The molecule has 16 heavy (non-hydrogen) atoms. The lowest BCUT2D eigenvalue weighted by Crippen LogP contribution is -2.47. The molecule has 2 rings (SSSR count). The molecule has 0 aromatic rings. The zero-order chi connectivity index (χ0) is 12.0. The Morgan fingerprint density at radius 1 is 1.69 bits per heavy atom. The highest BCUT2D eigenvalue weighted by atomic mass is 32.2. The van der Waals surface area contributed by atoms with Gasteiger partial charge in [0.2, 0.25) is 0 Å². The van der Waals surface area contributed by atoms with E-state index in [0.29, 0.717) is 13.0 Å². The predicted molar refractivity (Wildman–Crippen MR) is 52.6 cm³/mol. The van der Waals surface area contributed by atoms with Crippen molar-refractivity contribution in [3.63, 3.8) is 0 Å². The lowest BCUT2D eigenvalue weighted by Gasteiger charge is -2.30. The summed E-state index contributed by atoms with van der Waals surface area (Å²) >= 11 is 0. The van der Waals surface area contributed by atoms with E-state index in [1.54, 1.807) is 0 Å². The number of fused-ring (bicyclic) bond motifs is 2. The minimum absolute atomic E-state index is 0.119. The number of carboxylic acid groups (broad SMARTS) is 1. The van der Waals surface area contributed by atoms with Crippen molar-refractivity contribution in [2.45, 2.75) is 18.1 Å². The fourth-order valence-electron chi connectivity index (χ4n) is 2.15. The maximum absolute atomic E-state index is 10.9. The molecule has 0 aliphatic carbocycles. The van der Waals surface area contributed by atoms with Crippen LogP contribution in [0.5, 0.6) is 0 Å². The molecule has 7 nitrogen and oxygen atoms in total. The Labute approximate surface area is 93.1 Å². The first kappa shape index (κ1) is 11.6. The molecule has 92 valence electrons. The van der Waals surface area contributed by atoms with Gasteiger partial charge < -0.3 is 9.84 Å². The van der Waals surface area contributed by atoms with Crippen LogP contribution in [0, 0.1) is 0 Å². The Bertz CT molecular complexity index is 407. The summed E-state index contributed by atoms with van der Waals surface area (Å²) in [6.45, 7) is 0.355. The van der Waals surface area contributed by atoms with Crippen LogP contribution in [0.25, 0.3) is 0 Å². The first-order chi connectivity index (χ1) is 7.31. The van der Waals surface area contributed by atoms with E-state index in [-0.39, 0.29) is 19.2 Å². The van der Waals surface area contributed by atoms with Gasteiger partial charge in [0.25, 0.3) is 10.1 Å². The van der Waals surface area contributed by atoms with Crippen LogP contribution in [0.2, 0.25) is 0 Å². The third-order valence-corrected chi connectivity index (χ3v) is 3.42. The molecule has 2 fully saturated rings. The number of hydrogen-bond donors (Lipinski definition) is 1. The van der Waals surface area contributed by atoms with Crippen molar-refractivity contribution in [1.82, 2.24) is 4.90 Å². The molecule has 2 aliphatic heterocycles. The zero-order valence-electron chi connectivity index (χ0n) is 8.75. The van der Waals surface area contributed by atoms with Crippen LogP contribution in [0.3, 0.4) is 0 Å². The molecule has 0 radical (unpaired) electrons. The van der Waals surface area contributed by atoms with Gasteiger partial charge in [0, 0.05) is 6.42 Å². The van der Waals surface area contributed by atoms with E-state index in [9.17, 15) is 13.2 Å². The van der Waals surface area contributed by atoms with Crippen molar-refractivity contribution in [2.75, 3.05) is 26.0 Å². The van der Waals surface area contributed by atoms with Gasteiger partial charge in [0.15, 0.2) is 0 Å². The van der Waals surface area contributed by atoms with Gasteiger partial charge in [-0.1, -0.05) is 0 Å². The van der Waals surface area contributed by atoms with Crippen LogP contribution in [-0.4, -0.2) is 62.2 Å². The Hall–Kier alpha value is -0.860. The second kappa shape index (κ2) is 3.57. The van der Waals surface area contributed by atoms with Crippen molar-refractivity contribution >= 4 is 16.2 Å². The average Bonchev–Trinajstić information content (AvgIpc) is 2.71. The van der Waals surface area contributed by atoms with Crippen LogP contribution in [0.1, 0.15) is 6.42 Å². The largest absolute Gasteiger partial charge is 0.465 e. The van der Waals surface area contributed by atoms with Gasteiger partial charge in [-0.05, 0) is 0 Å². The van der Waals surface area contributed by atoms with Crippen LogP contribution in [0.4, 0.5) is 4.79 Å². The molecule has 2 bridgehead atoms. The Kier molecular flexibility index (Phi) is 2.59. The van der Waals surface area contributed by atoms with Gasteiger partial charge in [-0.3, -0.25) is 9.08 Å². The summed E-state index contributed by atoms with van der Waals surface area (Å²) in [6, 6.07) is -0.180. The lowest BCUT2D eigenvalue weighted by molar-refractivity contribution is -0.0611. The second-order valence-electron chi connectivity index (χ2n) is 4.23. The summed E-state index contributed by atoms with van der Waals surface area (Å²) in [7, 11) is -3.52. The van der Waals surface area contributed by atoms with Gasteiger partial charge in [0.05, 0.1) is 32.1 Å². The predicted octanol–water partition coefficient (Wildman–Crippen LogP) is -0.516. The van der Waals surface area contributed by atoms with Crippen molar-refractivity contribution in [3.05, 3.63) is 0 Å². The molecule has 0 spiro atoms. The molecule has 2 saturated heterocycles. The molecule has 2 atom stereocenters. The molecule has 0 aromatic carbocycles. The highest BCUT2D eigenvalue weighted by Crippen LogP contribution is 2.37. The number of nitrogens with zero attached hydrogens (tertiary/aromatic N) is 1. The van der Waals surface area contributed by atoms with E-state index in [2.05, 4.69) is 4.18 Å². The molecular weight excluding hydrogens is 238 g/mol. The highest BCUT2D eigenvalue weighted by molar-refractivity contribution is 7.85. The number of amides is 1. The minimum atomic E-state index is -3.52. The van der Waals surface area contributed by atoms with Crippen molar-refractivity contribution in [2.24, 2.45) is 0 Å². The summed E-state index contributed by atoms with van der Waals surface area (Å²) in [4.78, 5) is 12.1. The smallest absolute Gasteiger partial charge is 0.407 e. The number of hydrogen-bond acceptors (Lipinski definition) is 5. The standard InChI is InChI=1S/C8H13NO6S/c1-16(12,13)15-5-8-2-6(3-14-8)9(4-8)7(10)11/h6H,2-5H2,1H3,(H,10,11)/t6-,8-/m0/s1. The minimum Gasteiger partial charge on any atom is -0.465 e. The lowest BCUT2D eigenvalue weighted by atomic mass is 10.1. The van der Waals surface area contributed by atoms with E-state index < -0.39 is 21.8 Å². The van der Waals surface area contributed by atoms with Crippen molar-refractivity contribution in [1.29, 1.82) is 0 Å². The van der Waals surface area contributed by atoms with E-state index in [0.717, 1.165) is 6.26 Å². The summed E-state index contributed by atoms with van der Waals surface area (Å²) in [5.41, 5.74) is -0.786. The van der Waals surface area contributed by atoms with Crippen LogP contribution >= 0.6 is 0 Å². The van der Waals surface area contributed by atoms with E-state index in [1.807, 2.05) is 0 Å². The van der Waals surface area contributed by atoms with Gasteiger partial charge >= 0.3 is 6.09 Å².